The SMILES string of the molecule is Cc1ccc(C(=O)N2CCNCC23CCCCC3)c(Br)c1. The van der Waals surface area contributed by atoms with E-state index in [4.69, 9.17) is 0 Å². The molecule has 2 fully saturated rings. The fourth-order valence-corrected chi connectivity index (χ4v) is 4.42. The van der Waals surface area contributed by atoms with Gasteiger partial charge < -0.3 is 10.2 Å². The summed E-state index contributed by atoms with van der Waals surface area (Å²) in [6.07, 6.45) is 6.05. The molecule has 3 nitrogen and oxygen atoms in total. The highest BCUT2D eigenvalue weighted by molar-refractivity contribution is 9.10. The van der Waals surface area contributed by atoms with Crippen molar-refractivity contribution in [3.8, 4) is 0 Å². The third-order valence-electron chi connectivity index (χ3n) is 4.92. The molecule has 2 aliphatic rings. The maximum absolute atomic E-state index is 13.1. The number of amides is 1. The van der Waals surface area contributed by atoms with Crippen molar-refractivity contribution >= 4 is 21.8 Å². The van der Waals surface area contributed by atoms with Gasteiger partial charge in [-0.3, -0.25) is 4.79 Å². The molecule has 0 aromatic heterocycles. The van der Waals surface area contributed by atoms with Gasteiger partial charge in [0.1, 0.15) is 0 Å². The van der Waals surface area contributed by atoms with Crippen LogP contribution in [0.2, 0.25) is 0 Å². The Labute approximate surface area is 135 Å². The Bertz CT molecular complexity index is 529. The van der Waals surface area contributed by atoms with Crippen LogP contribution >= 0.6 is 15.9 Å². The number of halogens is 1. The van der Waals surface area contributed by atoms with Crippen LogP contribution < -0.4 is 5.32 Å². The quantitative estimate of drug-likeness (QED) is 0.840. The molecular weight excluding hydrogens is 328 g/mol. The second-order valence-corrected chi connectivity index (χ2v) is 7.26. The molecule has 1 saturated carbocycles. The van der Waals surface area contributed by atoms with Gasteiger partial charge in [-0.1, -0.05) is 25.3 Å². The van der Waals surface area contributed by atoms with Gasteiger partial charge in [-0.25, -0.2) is 0 Å². The zero-order valence-electron chi connectivity index (χ0n) is 12.6. The van der Waals surface area contributed by atoms with Crippen LogP contribution in [0.4, 0.5) is 0 Å². The summed E-state index contributed by atoms with van der Waals surface area (Å²) in [5.74, 6) is 0.185. The van der Waals surface area contributed by atoms with Gasteiger partial charge >= 0.3 is 0 Å². The highest BCUT2D eigenvalue weighted by Crippen LogP contribution is 2.36. The highest BCUT2D eigenvalue weighted by atomic mass is 79.9. The second kappa shape index (κ2) is 6.09. The summed E-state index contributed by atoms with van der Waals surface area (Å²) in [5.41, 5.74) is 2.01. The van der Waals surface area contributed by atoms with E-state index in [0.29, 0.717) is 0 Å². The van der Waals surface area contributed by atoms with E-state index in [1.165, 1.54) is 24.8 Å². The first kappa shape index (κ1) is 15.0. The molecule has 1 N–H and O–H groups in total. The van der Waals surface area contributed by atoms with Crippen LogP contribution in [0.5, 0.6) is 0 Å². The molecule has 1 amide bonds. The van der Waals surface area contributed by atoms with Crippen LogP contribution in [0, 0.1) is 6.92 Å². The zero-order valence-corrected chi connectivity index (χ0v) is 14.2. The molecule has 0 radical (unpaired) electrons. The molecule has 1 aromatic rings. The number of carbonyl (C=O) groups is 1. The van der Waals surface area contributed by atoms with Crippen molar-refractivity contribution in [1.29, 1.82) is 0 Å². The molecule has 1 aromatic carbocycles. The molecule has 0 atom stereocenters. The first-order chi connectivity index (χ1) is 10.1. The molecule has 3 rings (SSSR count). The summed E-state index contributed by atoms with van der Waals surface area (Å²) in [4.78, 5) is 15.2. The lowest BCUT2D eigenvalue weighted by atomic mass is 9.78. The molecule has 114 valence electrons. The normalized spacial score (nSPS) is 21.5. The molecule has 1 saturated heterocycles. The van der Waals surface area contributed by atoms with Crippen molar-refractivity contribution in [2.45, 2.75) is 44.6 Å². The number of aryl methyl sites for hydroxylation is 1. The zero-order chi connectivity index (χ0) is 14.9. The minimum absolute atomic E-state index is 0.0396. The van der Waals surface area contributed by atoms with Crippen molar-refractivity contribution < 1.29 is 4.79 Å². The summed E-state index contributed by atoms with van der Waals surface area (Å²) < 4.78 is 0.914. The van der Waals surface area contributed by atoms with Crippen molar-refractivity contribution in [2.75, 3.05) is 19.6 Å². The Morgan fingerprint density at radius 2 is 2.05 bits per heavy atom. The van der Waals surface area contributed by atoms with Crippen molar-refractivity contribution in [3.63, 3.8) is 0 Å². The molecule has 4 heteroatoms. The van der Waals surface area contributed by atoms with Gasteiger partial charge in [-0.15, -0.1) is 0 Å². The number of benzene rings is 1. The average Bonchev–Trinajstić information content (AvgIpc) is 2.48. The number of piperazine rings is 1. The summed E-state index contributed by atoms with van der Waals surface area (Å²) in [7, 11) is 0. The van der Waals surface area contributed by atoms with Gasteiger partial charge in [0.15, 0.2) is 0 Å². The van der Waals surface area contributed by atoms with E-state index < -0.39 is 0 Å². The molecule has 1 heterocycles. The Kier molecular flexibility index (Phi) is 4.36. The van der Waals surface area contributed by atoms with E-state index in [2.05, 4.69) is 26.1 Å². The number of nitrogens with one attached hydrogen (secondary N) is 1. The van der Waals surface area contributed by atoms with Crippen molar-refractivity contribution in [3.05, 3.63) is 33.8 Å². The minimum atomic E-state index is 0.0396. The number of hydrogen-bond donors (Lipinski definition) is 1. The third kappa shape index (κ3) is 2.88. The van der Waals surface area contributed by atoms with E-state index in [9.17, 15) is 4.79 Å². The number of rotatable bonds is 1. The molecular formula is C17H23BrN2O. The standard InChI is InChI=1S/C17H23BrN2O/c1-13-5-6-14(15(18)11-13)16(21)20-10-9-19-12-17(20)7-3-2-4-8-17/h5-6,11,19H,2-4,7-10,12H2,1H3. The first-order valence-electron chi connectivity index (χ1n) is 7.91. The van der Waals surface area contributed by atoms with Gasteiger partial charge in [-0.2, -0.15) is 0 Å². The van der Waals surface area contributed by atoms with E-state index in [1.807, 2.05) is 25.1 Å². The van der Waals surface area contributed by atoms with Crippen LogP contribution in [0.25, 0.3) is 0 Å². The van der Waals surface area contributed by atoms with Crippen molar-refractivity contribution in [1.82, 2.24) is 10.2 Å². The average molecular weight is 351 g/mol. The first-order valence-corrected chi connectivity index (χ1v) is 8.71. The lowest BCUT2D eigenvalue weighted by Gasteiger charge is -2.50. The Morgan fingerprint density at radius 1 is 1.29 bits per heavy atom. The molecule has 1 aliphatic heterocycles. The van der Waals surface area contributed by atoms with Gasteiger partial charge in [0.25, 0.3) is 5.91 Å². The van der Waals surface area contributed by atoms with E-state index in [1.54, 1.807) is 0 Å². The minimum Gasteiger partial charge on any atom is -0.330 e. The monoisotopic (exact) mass is 350 g/mol. The summed E-state index contributed by atoms with van der Waals surface area (Å²) in [6.45, 7) is 4.71. The fourth-order valence-electron chi connectivity index (χ4n) is 3.76. The molecule has 0 unspecified atom stereocenters. The molecule has 21 heavy (non-hydrogen) atoms. The van der Waals surface area contributed by atoms with Gasteiger partial charge in [-0.05, 0) is 53.4 Å². The highest BCUT2D eigenvalue weighted by Gasteiger charge is 2.42. The van der Waals surface area contributed by atoms with Crippen LogP contribution in [0.1, 0.15) is 48.0 Å². The predicted molar refractivity (Wildman–Crippen MR) is 88.6 cm³/mol. The van der Waals surface area contributed by atoms with Gasteiger partial charge in [0.05, 0.1) is 11.1 Å². The Hall–Kier alpha value is -0.870. The summed E-state index contributed by atoms with van der Waals surface area (Å²) in [6, 6.07) is 6.01. The number of nitrogens with zero attached hydrogens (tertiary/aromatic N) is 1. The fraction of sp³-hybridized carbons (Fsp3) is 0.588. The molecule has 1 aliphatic carbocycles. The third-order valence-corrected chi connectivity index (χ3v) is 5.58. The summed E-state index contributed by atoms with van der Waals surface area (Å²) >= 11 is 3.56. The van der Waals surface area contributed by atoms with Crippen LogP contribution in [-0.2, 0) is 0 Å². The second-order valence-electron chi connectivity index (χ2n) is 6.40. The smallest absolute Gasteiger partial charge is 0.255 e. The number of hydrogen-bond acceptors (Lipinski definition) is 2. The lowest BCUT2D eigenvalue weighted by molar-refractivity contribution is 0.0222. The summed E-state index contributed by atoms with van der Waals surface area (Å²) in [5, 5.41) is 3.50. The Balaban J connectivity index is 1.90. The van der Waals surface area contributed by atoms with Gasteiger partial charge in [0, 0.05) is 24.1 Å². The molecule has 0 bridgehead atoms. The largest absolute Gasteiger partial charge is 0.330 e. The lowest BCUT2D eigenvalue weighted by Crippen LogP contribution is -2.63. The van der Waals surface area contributed by atoms with Crippen LogP contribution in [0.3, 0.4) is 0 Å². The molecule has 1 spiro atoms. The Morgan fingerprint density at radius 3 is 2.76 bits per heavy atom. The van der Waals surface area contributed by atoms with E-state index in [-0.39, 0.29) is 11.4 Å². The van der Waals surface area contributed by atoms with Gasteiger partial charge in [0.2, 0.25) is 0 Å². The predicted octanol–water partition coefficient (Wildman–Crippen LogP) is 3.51. The van der Waals surface area contributed by atoms with Crippen molar-refractivity contribution in [2.24, 2.45) is 0 Å². The van der Waals surface area contributed by atoms with E-state index in [0.717, 1.165) is 42.5 Å². The van der Waals surface area contributed by atoms with Crippen LogP contribution in [-0.4, -0.2) is 36.0 Å². The maximum atomic E-state index is 13.1. The topological polar surface area (TPSA) is 32.3 Å². The number of carbonyl (C=O) groups excluding carboxylic acids is 1. The maximum Gasteiger partial charge on any atom is 0.255 e. The van der Waals surface area contributed by atoms with E-state index >= 15 is 0 Å². The van der Waals surface area contributed by atoms with Crippen LogP contribution in [0.15, 0.2) is 22.7 Å².